The highest BCUT2D eigenvalue weighted by molar-refractivity contribution is 9.10. The molecule has 2 N–H and O–H groups in total. The first-order valence-corrected chi connectivity index (χ1v) is 7.54. The molecule has 0 aliphatic rings. The van der Waals surface area contributed by atoms with E-state index < -0.39 is 0 Å². The van der Waals surface area contributed by atoms with Gasteiger partial charge in [-0.1, -0.05) is 28.1 Å². The average molecular weight is 334 g/mol. The standard InChI is InChI=1S/C17H20BrNO/c1-11-4-5-12(2)17(8-11)20-16-7-6-15(18)10-14(16)9-13(3)19/h4-8,10,13H,9,19H2,1-3H3. The SMILES string of the molecule is Cc1ccc(C)c(Oc2ccc(Br)cc2CC(C)N)c1. The van der Waals surface area contributed by atoms with Gasteiger partial charge in [0.25, 0.3) is 0 Å². The van der Waals surface area contributed by atoms with Crippen molar-refractivity contribution in [2.45, 2.75) is 33.2 Å². The minimum absolute atomic E-state index is 0.102. The van der Waals surface area contributed by atoms with Gasteiger partial charge in [0, 0.05) is 10.5 Å². The monoisotopic (exact) mass is 333 g/mol. The molecule has 0 fully saturated rings. The largest absolute Gasteiger partial charge is 0.457 e. The third kappa shape index (κ3) is 3.84. The van der Waals surface area contributed by atoms with Crippen LogP contribution < -0.4 is 10.5 Å². The van der Waals surface area contributed by atoms with Crippen molar-refractivity contribution < 1.29 is 4.74 Å². The van der Waals surface area contributed by atoms with Crippen LogP contribution >= 0.6 is 15.9 Å². The van der Waals surface area contributed by atoms with E-state index in [1.54, 1.807) is 0 Å². The van der Waals surface area contributed by atoms with Crippen LogP contribution in [0.2, 0.25) is 0 Å². The summed E-state index contributed by atoms with van der Waals surface area (Å²) in [6.07, 6.45) is 0.791. The van der Waals surface area contributed by atoms with E-state index in [2.05, 4.69) is 54.0 Å². The minimum atomic E-state index is 0.102. The highest BCUT2D eigenvalue weighted by Crippen LogP contribution is 2.31. The van der Waals surface area contributed by atoms with Crippen LogP contribution in [-0.2, 0) is 6.42 Å². The van der Waals surface area contributed by atoms with Crippen LogP contribution in [0.4, 0.5) is 0 Å². The second-order valence-corrected chi connectivity index (χ2v) is 6.22. The Morgan fingerprint density at radius 3 is 2.55 bits per heavy atom. The van der Waals surface area contributed by atoms with Crippen molar-refractivity contribution >= 4 is 15.9 Å². The molecule has 0 aliphatic heterocycles. The predicted octanol–water partition coefficient (Wildman–Crippen LogP) is 4.75. The molecule has 3 heteroatoms. The maximum absolute atomic E-state index is 6.10. The molecule has 0 spiro atoms. The van der Waals surface area contributed by atoms with Crippen molar-refractivity contribution in [3.63, 3.8) is 0 Å². The number of rotatable bonds is 4. The smallest absolute Gasteiger partial charge is 0.130 e. The van der Waals surface area contributed by atoms with E-state index in [0.717, 1.165) is 33.5 Å². The van der Waals surface area contributed by atoms with Crippen molar-refractivity contribution in [2.24, 2.45) is 5.73 Å². The van der Waals surface area contributed by atoms with Crippen molar-refractivity contribution in [2.75, 3.05) is 0 Å². The number of aryl methyl sites for hydroxylation is 2. The molecule has 1 atom stereocenters. The Labute approximate surface area is 129 Å². The molecule has 1 unspecified atom stereocenters. The molecule has 106 valence electrons. The maximum Gasteiger partial charge on any atom is 0.130 e. The van der Waals surface area contributed by atoms with Gasteiger partial charge in [-0.3, -0.25) is 0 Å². The van der Waals surface area contributed by atoms with Gasteiger partial charge in [-0.2, -0.15) is 0 Å². The van der Waals surface area contributed by atoms with Crippen molar-refractivity contribution in [1.29, 1.82) is 0 Å². The fourth-order valence-electron chi connectivity index (χ4n) is 2.09. The Morgan fingerprint density at radius 1 is 1.10 bits per heavy atom. The topological polar surface area (TPSA) is 35.2 Å². The van der Waals surface area contributed by atoms with Crippen LogP contribution in [0.1, 0.15) is 23.6 Å². The average Bonchev–Trinajstić information content (AvgIpc) is 2.36. The first-order valence-electron chi connectivity index (χ1n) is 6.75. The van der Waals surface area contributed by atoms with E-state index in [0.29, 0.717) is 0 Å². The van der Waals surface area contributed by atoms with Crippen LogP contribution in [0, 0.1) is 13.8 Å². The second kappa shape index (κ2) is 6.42. The first-order chi connectivity index (χ1) is 9.45. The molecule has 20 heavy (non-hydrogen) atoms. The van der Waals surface area contributed by atoms with Crippen molar-refractivity contribution in [3.05, 3.63) is 57.6 Å². The van der Waals surface area contributed by atoms with Crippen molar-refractivity contribution in [3.8, 4) is 11.5 Å². The quantitative estimate of drug-likeness (QED) is 0.876. The van der Waals surface area contributed by atoms with E-state index in [9.17, 15) is 0 Å². The lowest BCUT2D eigenvalue weighted by Crippen LogP contribution is -2.18. The van der Waals surface area contributed by atoms with Gasteiger partial charge in [-0.05, 0) is 68.1 Å². The molecule has 0 radical (unpaired) electrons. The molecular formula is C17H20BrNO. The molecular weight excluding hydrogens is 314 g/mol. The molecule has 2 aromatic rings. The van der Waals surface area contributed by atoms with Gasteiger partial charge in [-0.25, -0.2) is 0 Å². The maximum atomic E-state index is 6.10. The normalized spacial score (nSPS) is 12.2. The lowest BCUT2D eigenvalue weighted by molar-refractivity contribution is 0.470. The van der Waals surface area contributed by atoms with Crippen LogP contribution in [0.3, 0.4) is 0 Å². The minimum Gasteiger partial charge on any atom is -0.457 e. The Bertz CT molecular complexity index is 608. The molecule has 0 aromatic heterocycles. The zero-order valence-corrected chi connectivity index (χ0v) is 13.7. The lowest BCUT2D eigenvalue weighted by Gasteiger charge is -2.15. The summed E-state index contributed by atoms with van der Waals surface area (Å²) < 4.78 is 7.14. The summed E-state index contributed by atoms with van der Waals surface area (Å²) in [4.78, 5) is 0. The molecule has 0 saturated carbocycles. The fourth-order valence-corrected chi connectivity index (χ4v) is 2.50. The predicted molar refractivity (Wildman–Crippen MR) is 87.5 cm³/mol. The molecule has 2 aromatic carbocycles. The summed E-state index contributed by atoms with van der Waals surface area (Å²) in [5, 5.41) is 0. The highest BCUT2D eigenvalue weighted by atomic mass is 79.9. The number of ether oxygens (including phenoxy) is 1. The van der Waals surface area contributed by atoms with Gasteiger partial charge >= 0.3 is 0 Å². The van der Waals surface area contributed by atoms with Crippen LogP contribution in [-0.4, -0.2) is 6.04 Å². The van der Waals surface area contributed by atoms with Crippen LogP contribution in [0.25, 0.3) is 0 Å². The summed E-state index contributed by atoms with van der Waals surface area (Å²) in [6, 6.07) is 12.4. The van der Waals surface area contributed by atoms with Gasteiger partial charge in [0.15, 0.2) is 0 Å². The zero-order valence-electron chi connectivity index (χ0n) is 12.1. The van der Waals surface area contributed by atoms with Crippen LogP contribution in [0.15, 0.2) is 40.9 Å². The van der Waals surface area contributed by atoms with E-state index in [-0.39, 0.29) is 6.04 Å². The summed E-state index contributed by atoms with van der Waals surface area (Å²) in [5.74, 6) is 1.78. The number of hydrogen-bond acceptors (Lipinski definition) is 2. The fraction of sp³-hybridized carbons (Fsp3) is 0.294. The Kier molecular flexibility index (Phi) is 4.84. The van der Waals surface area contributed by atoms with E-state index in [1.807, 2.05) is 19.1 Å². The van der Waals surface area contributed by atoms with Gasteiger partial charge in [0.2, 0.25) is 0 Å². The highest BCUT2D eigenvalue weighted by Gasteiger charge is 2.09. The lowest BCUT2D eigenvalue weighted by atomic mass is 10.1. The number of nitrogens with two attached hydrogens (primary N) is 1. The van der Waals surface area contributed by atoms with E-state index in [1.165, 1.54) is 5.56 Å². The Hall–Kier alpha value is -1.32. The third-order valence-corrected chi connectivity index (χ3v) is 3.62. The number of halogens is 1. The third-order valence-electron chi connectivity index (χ3n) is 3.13. The molecule has 0 aliphatic carbocycles. The van der Waals surface area contributed by atoms with Gasteiger partial charge in [0.1, 0.15) is 11.5 Å². The van der Waals surface area contributed by atoms with Crippen LogP contribution in [0.5, 0.6) is 11.5 Å². The van der Waals surface area contributed by atoms with E-state index >= 15 is 0 Å². The summed E-state index contributed by atoms with van der Waals surface area (Å²) in [5.41, 5.74) is 9.36. The second-order valence-electron chi connectivity index (χ2n) is 5.30. The molecule has 2 nitrogen and oxygen atoms in total. The molecule has 2 rings (SSSR count). The summed E-state index contributed by atoms with van der Waals surface area (Å²) >= 11 is 3.50. The summed E-state index contributed by atoms with van der Waals surface area (Å²) in [7, 11) is 0. The summed E-state index contributed by atoms with van der Waals surface area (Å²) in [6.45, 7) is 6.12. The number of benzene rings is 2. The first kappa shape index (κ1) is 15.1. The molecule has 0 heterocycles. The molecule has 0 amide bonds. The van der Waals surface area contributed by atoms with Gasteiger partial charge in [0.05, 0.1) is 0 Å². The molecule has 0 saturated heterocycles. The Balaban J connectivity index is 2.35. The van der Waals surface area contributed by atoms with Gasteiger partial charge < -0.3 is 10.5 Å². The zero-order chi connectivity index (χ0) is 14.7. The molecule has 0 bridgehead atoms. The Morgan fingerprint density at radius 2 is 1.85 bits per heavy atom. The van der Waals surface area contributed by atoms with Crippen molar-refractivity contribution in [1.82, 2.24) is 0 Å². The number of hydrogen-bond donors (Lipinski definition) is 1. The van der Waals surface area contributed by atoms with E-state index in [4.69, 9.17) is 10.5 Å². The van der Waals surface area contributed by atoms with Gasteiger partial charge in [-0.15, -0.1) is 0 Å².